The monoisotopic (exact) mass is 200 g/mol. The van der Waals surface area contributed by atoms with Gasteiger partial charge in [-0.2, -0.15) is 4.73 Å². The van der Waals surface area contributed by atoms with Gasteiger partial charge in [-0.05, 0) is 4.73 Å². The Balaban J connectivity index is 2.73. The smallest absolute Gasteiger partial charge is 0.474 e. The molecule has 2 aromatic heterocycles. The average Bonchev–Trinajstić information content (AvgIpc) is 2.65. The summed E-state index contributed by atoms with van der Waals surface area (Å²) in [5.74, 6) is 0.117. The van der Waals surface area contributed by atoms with Crippen molar-refractivity contribution in [3.63, 3.8) is 0 Å². The van der Waals surface area contributed by atoms with Crippen molar-refractivity contribution in [3.05, 3.63) is 11.3 Å². The first-order valence-electron chi connectivity index (χ1n) is 3.74. The number of hydrogen-bond donors (Lipinski definition) is 1. The van der Waals surface area contributed by atoms with E-state index >= 15 is 0 Å². The van der Waals surface area contributed by atoms with Crippen molar-refractivity contribution in [1.29, 1.82) is 0 Å². The van der Waals surface area contributed by atoms with E-state index in [1.54, 1.807) is 0 Å². The van der Waals surface area contributed by atoms with Crippen molar-refractivity contribution >= 4 is 11.2 Å². The summed E-state index contributed by atoms with van der Waals surface area (Å²) in [6, 6.07) is 1.38. The Morgan fingerprint density at radius 1 is 1.50 bits per heavy atom. The average molecular weight is 200 g/mol. The Morgan fingerprint density at radius 3 is 2.71 bits per heavy atom. The highest BCUT2D eigenvalue weighted by Gasteiger charge is 2.26. The lowest BCUT2D eigenvalue weighted by atomic mass is 10.6. The SMILES string of the molecule is COc1cc2oc(OC)[n+]([O-])c2n1O. The van der Waals surface area contributed by atoms with Crippen molar-refractivity contribution in [2.75, 3.05) is 14.2 Å². The first kappa shape index (κ1) is 8.54. The number of fused-ring (bicyclic) bond motifs is 1. The van der Waals surface area contributed by atoms with E-state index in [-0.39, 0.29) is 23.2 Å². The predicted octanol–water partition coefficient (Wildman–Crippen LogP) is 0.122. The Labute approximate surface area is 78.2 Å². The fourth-order valence-electron chi connectivity index (χ4n) is 1.20. The lowest BCUT2D eigenvalue weighted by Gasteiger charge is -1.99. The molecule has 2 heterocycles. The van der Waals surface area contributed by atoms with E-state index in [0.717, 1.165) is 0 Å². The van der Waals surface area contributed by atoms with Gasteiger partial charge >= 0.3 is 17.6 Å². The van der Waals surface area contributed by atoms with E-state index in [2.05, 4.69) is 4.74 Å². The molecule has 76 valence electrons. The van der Waals surface area contributed by atoms with Crippen molar-refractivity contribution in [3.8, 4) is 12.0 Å². The zero-order chi connectivity index (χ0) is 10.3. The number of aromatic nitrogens is 2. The van der Waals surface area contributed by atoms with Crippen molar-refractivity contribution in [2.45, 2.75) is 0 Å². The molecule has 2 rings (SSSR count). The summed E-state index contributed by atoms with van der Waals surface area (Å²) in [4.78, 5) is 0. The molecule has 0 fully saturated rings. The maximum Gasteiger partial charge on any atom is 0.474 e. The highest BCUT2D eigenvalue weighted by atomic mass is 16.6. The van der Waals surface area contributed by atoms with Crippen LogP contribution in [0.1, 0.15) is 0 Å². The van der Waals surface area contributed by atoms with Gasteiger partial charge in [-0.25, -0.2) is 0 Å². The van der Waals surface area contributed by atoms with Gasteiger partial charge in [0, 0.05) is 0 Å². The van der Waals surface area contributed by atoms with Gasteiger partial charge < -0.3 is 24.3 Å². The standard InChI is InChI=1S/C7H8N2O5/c1-12-5-3-4-6(8(5)10)9(11)7(13-2)14-4/h3,10H,1-2H3. The van der Waals surface area contributed by atoms with Gasteiger partial charge in [-0.3, -0.25) is 0 Å². The molecule has 0 saturated heterocycles. The summed E-state index contributed by atoms with van der Waals surface area (Å²) in [6.45, 7) is 0. The van der Waals surface area contributed by atoms with Gasteiger partial charge in [0.25, 0.3) is 0 Å². The molecule has 14 heavy (non-hydrogen) atoms. The van der Waals surface area contributed by atoms with Crippen molar-refractivity contribution < 1.29 is 23.8 Å². The van der Waals surface area contributed by atoms with E-state index in [4.69, 9.17) is 9.15 Å². The molecule has 0 amide bonds. The molecule has 0 aliphatic carbocycles. The quantitative estimate of drug-likeness (QED) is 0.423. The minimum absolute atomic E-state index is 0.0706. The molecule has 2 aromatic rings. The van der Waals surface area contributed by atoms with Gasteiger partial charge in [0.05, 0.1) is 20.3 Å². The lowest BCUT2D eigenvalue weighted by Crippen LogP contribution is -2.28. The van der Waals surface area contributed by atoms with Gasteiger partial charge in [0.15, 0.2) is 0 Å². The van der Waals surface area contributed by atoms with Crippen LogP contribution in [0.3, 0.4) is 0 Å². The van der Waals surface area contributed by atoms with Crippen LogP contribution in [0, 0.1) is 5.21 Å². The third-order valence-corrected chi connectivity index (χ3v) is 1.82. The maximum atomic E-state index is 11.4. The fourth-order valence-corrected chi connectivity index (χ4v) is 1.20. The zero-order valence-corrected chi connectivity index (χ0v) is 7.55. The Bertz CT molecular complexity index is 432. The Kier molecular flexibility index (Phi) is 1.66. The number of hydrogen-bond acceptors (Lipinski definition) is 5. The Morgan fingerprint density at radius 2 is 2.21 bits per heavy atom. The molecular formula is C7H8N2O5. The Hall–Kier alpha value is -2.05. The second-order valence-electron chi connectivity index (χ2n) is 2.55. The second kappa shape index (κ2) is 2.72. The van der Waals surface area contributed by atoms with Gasteiger partial charge in [0.1, 0.15) is 0 Å². The first-order chi connectivity index (χ1) is 6.69. The second-order valence-corrected chi connectivity index (χ2v) is 2.55. The van der Waals surface area contributed by atoms with Gasteiger partial charge in [0.2, 0.25) is 5.58 Å². The molecular weight excluding hydrogens is 192 g/mol. The van der Waals surface area contributed by atoms with Crippen LogP contribution in [-0.2, 0) is 0 Å². The molecule has 7 nitrogen and oxygen atoms in total. The molecule has 1 N–H and O–H groups in total. The largest absolute Gasteiger partial charge is 0.706 e. The highest BCUT2D eigenvalue weighted by Crippen LogP contribution is 2.25. The molecule has 7 heteroatoms. The topological polar surface area (TPSA) is 83.7 Å². The van der Waals surface area contributed by atoms with Crippen LogP contribution in [0.5, 0.6) is 12.0 Å². The van der Waals surface area contributed by atoms with Crippen LogP contribution >= 0.6 is 0 Å². The molecule has 0 unspecified atom stereocenters. The third-order valence-electron chi connectivity index (χ3n) is 1.82. The summed E-state index contributed by atoms with van der Waals surface area (Å²) in [5, 5.41) is 20.8. The molecule has 0 bridgehead atoms. The minimum atomic E-state index is -0.236. The molecule has 0 saturated carbocycles. The van der Waals surface area contributed by atoms with E-state index in [0.29, 0.717) is 9.46 Å². The highest BCUT2D eigenvalue weighted by molar-refractivity contribution is 5.69. The number of methoxy groups -OCH3 is 2. The lowest BCUT2D eigenvalue weighted by molar-refractivity contribution is -0.595. The van der Waals surface area contributed by atoms with Crippen molar-refractivity contribution in [2.24, 2.45) is 0 Å². The van der Waals surface area contributed by atoms with Crippen molar-refractivity contribution in [1.82, 2.24) is 4.73 Å². The molecule has 0 aliphatic heterocycles. The molecule has 0 aromatic carbocycles. The summed E-state index contributed by atoms with van der Waals surface area (Å²) in [5.41, 5.74) is 0.120. The van der Waals surface area contributed by atoms with Crippen LogP contribution in [-0.4, -0.2) is 24.2 Å². The van der Waals surface area contributed by atoms with E-state index in [1.165, 1.54) is 20.3 Å². The zero-order valence-electron chi connectivity index (χ0n) is 7.55. The normalized spacial score (nSPS) is 10.7. The fraction of sp³-hybridized carbons (Fsp3) is 0.286. The van der Waals surface area contributed by atoms with E-state index in [9.17, 15) is 10.4 Å². The minimum Gasteiger partial charge on any atom is -0.706 e. The van der Waals surface area contributed by atoms with Crippen LogP contribution < -0.4 is 14.2 Å². The first-order valence-corrected chi connectivity index (χ1v) is 3.74. The molecule has 0 aliphatic rings. The number of rotatable bonds is 2. The summed E-state index contributed by atoms with van der Waals surface area (Å²) < 4.78 is 15.3. The van der Waals surface area contributed by atoms with Gasteiger partial charge in [-0.1, -0.05) is 0 Å². The summed E-state index contributed by atoms with van der Waals surface area (Å²) >= 11 is 0. The maximum absolute atomic E-state index is 11.4. The number of oxazole rings is 1. The van der Waals surface area contributed by atoms with E-state index < -0.39 is 0 Å². The van der Waals surface area contributed by atoms with Crippen LogP contribution in [0.4, 0.5) is 0 Å². The van der Waals surface area contributed by atoms with Crippen LogP contribution in [0.25, 0.3) is 11.2 Å². The molecule has 0 spiro atoms. The number of nitrogens with zero attached hydrogens (tertiary/aromatic N) is 2. The predicted molar refractivity (Wildman–Crippen MR) is 43.5 cm³/mol. The van der Waals surface area contributed by atoms with E-state index in [1.807, 2.05) is 0 Å². The van der Waals surface area contributed by atoms with Gasteiger partial charge in [-0.15, -0.1) is 0 Å². The molecule has 0 atom stereocenters. The van der Waals surface area contributed by atoms with Crippen LogP contribution in [0.15, 0.2) is 10.5 Å². The van der Waals surface area contributed by atoms with Crippen LogP contribution in [0.2, 0.25) is 0 Å². The summed E-state index contributed by atoms with van der Waals surface area (Å²) in [6.07, 6.45) is -0.236. The third kappa shape index (κ3) is 0.889. The molecule has 0 radical (unpaired) electrons. The summed E-state index contributed by atoms with van der Waals surface area (Å²) in [7, 11) is 2.67. The number of ether oxygens (including phenoxy) is 2.